The van der Waals surface area contributed by atoms with Crippen LogP contribution < -0.4 is 0 Å². The highest BCUT2D eigenvalue weighted by Crippen LogP contribution is 2.29. The van der Waals surface area contributed by atoms with E-state index < -0.39 is 30.2 Å². The first-order valence-electron chi connectivity index (χ1n) is 4.35. The van der Waals surface area contributed by atoms with Gasteiger partial charge in [-0.15, -0.1) is 0 Å². The van der Waals surface area contributed by atoms with Gasteiger partial charge in [0.2, 0.25) is 0 Å². The molecule has 80 valence electrons. The molecule has 1 heterocycles. The maximum absolute atomic E-state index is 13.2. The maximum Gasteiger partial charge on any atom is 0.408 e. The molecule has 6 heteroatoms. The number of likely N-dealkylation sites (tertiary alicyclic amines) is 1. The number of nitrogens with zero attached hydrogens (tertiary/aromatic N) is 1. The number of amides is 1. The lowest BCUT2D eigenvalue weighted by Crippen LogP contribution is -2.42. The van der Waals surface area contributed by atoms with Crippen molar-refractivity contribution in [2.75, 3.05) is 6.54 Å². The summed E-state index contributed by atoms with van der Waals surface area (Å²) >= 11 is 0. The van der Waals surface area contributed by atoms with Crippen LogP contribution in [0, 0.1) is 5.92 Å². The Balaban J connectivity index is 2.90. The first-order chi connectivity index (χ1) is 6.49. The van der Waals surface area contributed by atoms with E-state index in [9.17, 15) is 14.0 Å². The number of hydrogen-bond donors (Lipinski definition) is 2. The Morgan fingerprint density at radius 3 is 2.43 bits per heavy atom. The number of alkyl halides is 1. The van der Waals surface area contributed by atoms with Crippen LogP contribution in [-0.2, 0) is 4.79 Å². The molecule has 0 spiro atoms. The van der Waals surface area contributed by atoms with E-state index in [0.717, 1.165) is 0 Å². The fraction of sp³-hybridized carbons (Fsp3) is 0.750. The predicted molar refractivity (Wildman–Crippen MR) is 44.8 cm³/mol. The standard InChI is InChI=1S/C8H12FNO4/c1-2-4-5(9)3-10(8(13)14)6(4)7(11)12/h4-6H,2-3H2,1H3,(H,11,12)(H,13,14)/t4-,5-,6-/m0/s1. The Hall–Kier alpha value is -1.33. The smallest absolute Gasteiger partial charge is 0.408 e. The number of carbonyl (C=O) groups is 2. The summed E-state index contributed by atoms with van der Waals surface area (Å²) in [6, 6.07) is -1.24. The molecule has 0 aliphatic carbocycles. The van der Waals surface area contributed by atoms with Crippen LogP contribution in [0.1, 0.15) is 13.3 Å². The van der Waals surface area contributed by atoms with Crippen LogP contribution in [0.2, 0.25) is 0 Å². The van der Waals surface area contributed by atoms with Crippen LogP contribution >= 0.6 is 0 Å². The van der Waals surface area contributed by atoms with Gasteiger partial charge in [-0.3, -0.25) is 4.90 Å². The van der Waals surface area contributed by atoms with Crippen molar-refractivity contribution in [2.45, 2.75) is 25.6 Å². The van der Waals surface area contributed by atoms with Gasteiger partial charge in [-0.1, -0.05) is 6.92 Å². The molecule has 0 aromatic carbocycles. The van der Waals surface area contributed by atoms with E-state index in [0.29, 0.717) is 11.3 Å². The Labute approximate surface area is 80.1 Å². The topological polar surface area (TPSA) is 77.8 Å². The summed E-state index contributed by atoms with van der Waals surface area (Å²) in [7, 11) is 0. The van der Waals surface area contributed by atoms with E-state index in [1.807, 2.05) is 0 Å². The molecular weight excluding hydrogens is 193 g/mol. The summed E-state index contributed by atoms with van der Waals surface area (Å²) in [4.78, 5) is 22.0. The Bertz CT molecular complexity index is 258. The van der Waals surface area contributed by atoms with E-state index in [2.05, 4.69) is 0 Å². The van der Waals surface area contributed by atoms with E-state index in [-0.39, 0.29) is 6.54 Å². The van der Waals surface area contributed by atoms with Crippen molar-refractivity contribution in [3.63, 3.8) is 0 Å². The maximum atomic E-state index is 13.2. The summed E-state index contributed by atoms with van der Waals surface area (Å²) in [5, 5.41) is 17.4. The number of carboxylic acids is 1. The zero-order valence-corrected chi connectivity index (χ0v) is 7.68. The summed E-state index contributed by atoms with van der Waals surface area (Å²) < 4.78 is 13.2. The normalized spacial score (nSPS) is 31.9. The minimum Gasteiger partial charge on any atom is -0.480 e. The molecule has 0 saturated carbocycles. The second-order valence-corrected chi connectivity index (χ2v) is 3.31. The molecule has 1 saturated heterocycles. The van der Waals surface area contributed by atoms with Crippen molar-refractivity contribution in [1.29, 1.82) is 0 Å². The van der Waals surface area contributed by atoms with Crippen LogP contribution in [0.25, 0.3) is 0 Å². The van der Waals surface area contributed by atoms with Crippen LogP contribution in [0.15, 0.2) is 0 Å². The van der Waals surface area contributed by atoms with Gasteiger partial charge >= 0.3 is 12.1 Å². The van der Waals surface area contributed by atoms with Crippen LogP contribution in [0.5, 0.6) is 0 Å². The summed E-state index contributed by atoms with van der Waals surface area (Å²) in [6.07, 6.45) is -2.43. The molecule has 0 aromatic heterocycles. The van der Waals surface area contributed by atoms with Gasteiger partial charge in [0, 0.05) is 5.92 Å². The predicted octanol–water partition coefficient (Wildman–Crippen LogP) is 0.798. The van der Waals surface area contributed by atoms with Gasteiger partial charge in [-0.05, 0) is 6.42 Å². The quantitative estimate of drug-likeness (QED) is 0.698. The lowest BCUT2D eigenvalue weighted by atomic mass is 9.96. The third kappa shape index (κ3) is 1.64. The first-order valence-corrected chi connectivity index (χ1v) is 4.35. The third-order valence-electron chi connectivity index (χ3n) is 2.55. The van der Waals surface area contributed by atoms with Crippen molar-refractivity contribution in [3.8, 4) is 0 Å². The molecular formula is C8H12FNO4. The van der Waals surface area contributed by atoms with Crippen molar-refractivity contribution >= 4 is 12.1 Å². The molecule has 0 aromatic rings. The van der Waals surface area contributed by atoms with Gasteiger partial charge in [-0.2, -0.15) is 0 Å². The lowest BCUT2D eigenvalue weighted by Gasteiger charge is -2.20. The molecule has 1 aliphatic rings. The minimum atomic E-state index is -1.38. The molecule has 1 rings (SSSR count). The molecule has 1 aliphatic heterocycles. The zero-order chi connectivity index (χ0) is 10.9. The van der Waals surface area contributed by atoms with E-state index >= 15 is 0 Å². The molecule has 2 N–H and O–H groups in total. The van der Waals surface area contributed by atoms with E-state index in [1.165, 1.54) is 0 Å². The largest absolute Gasteiger partial charge is 0.480 e. The molecule has 1 amide bonds. The van der Waals surface area contributed by atoms with Crippen LogP contribution in [0.3, 0.4) is 0 Å². The molecule has 0 radical (unpaired) electrons. The zero-order valence-electron chi connectivity index (χ0n) is 7.68. The molecule has 3 atom stereocenters. The van der Waals surface area contributed by atoms with Crippen molar-refractivity contribution in [2.24, 2.45) is 5.92 Å². The molecule has 1 fully saturated rings. The Kier molecular flexibility index (Phi) is 2.93. The molecule has 14 heavy (non-hydrogen) atoms. The highest BCUT2D eigenvalue weighted by Gasteiger charge is 2.47. The third-order valence-corrected chi connectivity index (χ3v) is 2.55. The average Bonchev–Trinajstić information content (AvgIpc) is 2.42. The minimum absolute atomic E-state index is 0.321. The van der Waals surface area contributed by atoms with Crippen molar-refractivity contribution in [1.82, 2.24) is 4.90 Å². The number of carboxylic acid groups (broad SMARTS) is 2. The highest BCUT2D eigenvalue weighted by atomic mass is 19.1. The Morgan fingerprint density at radius 1 is 1.50 bits per heavy atom. The van der Waals surface area contributed by atoms with Gasteiger partial charge in [0.1, 0.15) is 12.2 Å². The molecule has 5 nitrogen and oxygen atoms in total. The van der Waals surface area contributed by atoms with Gasteiger partial charge in [0.05, 0.1) is 6.54 Å². The molecule has 0 bridgehead atoms. The average molecular weight is 205 g/mol. The van der Waals surface area contributed by atoms with Gasteiger partial charge in [0.25, 0.3) is 0 Å². The fourth-order valence-electron chi connectivity index (χ4n) is 1.86. The van der Waals surface area contributed by atoms with E-state index in [1.54, 1.807) is 6.92 Å². The molecule has 0 unspecified atom stereocenters. The summed E-state index contributed by atoms with van der Waals surface area (Å²) in [6.45, 7) is 1.31. The summed E-state index contributed by atoms with van der Waals surface area (Å²) in [5.74, 6) is -2.01. The fourth-order valence-corrected chi connectivity index (χ4v) is 1.86. The number of halogens is 1. The van der Waals surface area contributed by atoms with Gasteiger partial charge in [0.15, 0.2) is 0 Å². The highest BCUT2D eigenvalue weighted by molar-refractivity contribution is 5.80. The summed E-state index contributed by atoms with van der Waals surface area (Å²) in [5.41, 5.74) is 0. The second kappa shape index (κ2) is 3.81. The SMILES string of the molecule is CC[C@@H]1[C@@H](C(=O)O)N(C(=O)O)C[C@@H]1F. The Morgan fingerprint density at radius 2 is 2.07 bits per heavy atom. The van der Waals surface area contributed by atoms with Crippen molar-refractivity contribution < 1.29 is 24.2 Å². The van der Waals surface area contributed by atoms with Crippen LogP contribution in [0.4, 0.5) is 9.18 Å². The lowest BCUT2D eigenvalue weighted by molar-refractivity contribution is -0.143. The number of aliphatic carboxylic acids is 1. The van der Waals surface area contributed by atoms with Crippen LogP contribution in [-0.4, -0.2) is 45.9 Å². The van der Waals surface area contributed by atoms with Gasteiger partial charge < -0.3 is 10.2 Å². The number of hydrogen-bond acceptors (Lipinski definition) is 2. The number of rotatable bonds is 2. The van der Waals surface area contributed by atoms with Gasteiger partial charge in [-0.25, -0.2) is 14.0 Å². The second-order valence-electron chi connectivity index (χ2n) is 3.31. The van der Waals surface area contributed by atoms with Crippen molar-refractivity contribution in [3.05, 3.63) is 0 Å². The van der Waals surface area contributed by atoms with E-state index in [4.69, 9.17) is 10.2 Å². The monoisotopic (exact) mass is 205 g/mol. The first kappa shape index (κ1) is 10.7.